The second-order valence-electron chi connectivity index (χ2n) is 6.60. The van der Waals surface area contributed by atoms with Crippen LogP contribution in [0.3, 0.4) is 0 Å². The molecule has 1 atom stereocenters. The predicted molar refractivity (Wildman–Crippen MR) is 99.4 cm³/mol. The summed E-state index contributed by atoms with van der Waals surface area (Å²) < 4.78 is 7.27. The number of carbonyl (C=O) groups is 1. The zero-order chi connectivity index (χ0) is 16.6. The topological polar surface area (TPSA) is 71.4 Å². The number of rotatable bonds is 7. The van der Waals surface area contributed by atoms with Gasteiger partial charge in [-0.15, -0.1) is 12.4 Å². The molecule has 0 spiro atoms. The maximum absolute atomic E-state index is 12.2. The number of unbranched alkanes of at least 4 members (excludes halogenated alkanes) is 1. The van der Waals surface area contributed by atoms with Gasteiger partial charge in [-0.1, -0.05) is 0 Å². The molecule has 8 heteroatoms. The Balaban J connectivity index is 0.00000225. The SMILES string of the molecule is Cl.O=C(NCCCCN1CCOCC1)c1ccn(C2CCCNC2)n1. The lowest BCUT2D eigenvalue weighted by Crippen LogP contribution is -2.37. The Bertz CT molecular complexity index is 513. The summed E-state index contributed by atoms with van der Waals surface area (Å²) in [7, 11) is 0. The zero-order valence-electron chi connectivity index (χ0n) is 14.8. The summed E-state index contributed by atoms with van der Waals surface area (Å²) in [6.07, 6.45) is 6.30. The largest absolute Gasteiger partial charge is 0.379 e. The molecule has 1 aromatic rings. The minimum Gasteiger partial charge on any atom is -0.379 e. The van der Waals surface area contributed by atoms with Crippen LogP contribution in [-0.2, 0) is 4.74 Å². The molecule has 3 rings (SSSR count). The summed E-state index contributed by atoms with van der Waals surface area (Å²) in [5.74, 6) is -0.0658. The maximum Gasteiger partial charge on any atom is 0.271 e. The van der Waals surface area contributed by atoms with Gasteiger partial charge >= 0.3 is 0 Å². The van der Waals surface area contributed by atoms with Crippen LogP contribution in [0.2, 0.25) is 0 Å². The van der Waals surface area contributed by atoms with E-state index >= 15 is 0 Å². The van der Waals surface area contributed by atoms with Crippen LogP contribution in [0.25, 0.3) is 0 Å². The smallest absolute Gasteiger partial charge is 0.271 e. The number of piperidine rings is 1. The third-order valence-electron chi connectivity index (χ3n) is 4.78. The molecule has 1 unspecified atom stereocenters. The van der Waals surface area contributed by atoms with Crippen molar-refractivity contribution in [1.29, 1.82) is 0 Å². The summed E-state index contributed by atoms with van der Waals surface area (Å²) in [6.45, 7) is 7.55. The fraction of sp³-hybridized carbons (Fsp3) is 0.765. The molecule has 2 aliphatic rings. The molecule has 1 amide bonds. The number of nitrogens with zero attached hydrogens (tertiary/aromatic N) is 3. The van der Waals surface area contributed by atoms with Gasteiger partial charge in [0.2, 0.25) is 0 Å². The lowest BCUT2D eigenvalue weighted by molar-refractivity contribution is 0.0372. The van der Waals surface area contributed by atoms with E-state index in [0.717, 1.165) is 71.6 Å². The first-order valence-corrected chi connectivity index (χ1v) is 9.17. The molecule has 0 aromatic carbocycles. The Morgan fingerprint density at radius 3 is 2.96 bits per heavy atom. The zero-order valence-corrected chi connectivity index (χ0v) is 15.6. The Labute approximate surface area is 155 Å². The van der Waals surface area contributed by atoms with Crippen LogP contribution in [0.1, 0.15) is 42.2 Å². The van der Waals surface area contributed by atoms with Gasteiger partial charge < -0.3 is 15.4 Å². The third-order valence-corrected chi connectivity index (χ3v) is 4.78. The first-order valence-electron chi connectivity index (χ1n) is 9.17. The molecule has 0 radical (unpaired) electrons. The van der Waals surface area contributed by atoms with Gasteiger partial charge in [0.15, 0.2) is 0 Å². The first-order chi connectivity index (χ1) is 11.8. The van der Waals surface area contributed by atoms with Crippen LogP contribution < -0.4 is 10.6 Å². The van der Waals surface area contributed by atoms with E-state index in [1.54, 1.807) is 0 Å². The Morgan fingerprint density at radius 1 is 1.36 bits per heavy atom. The second kappa shape index (κ2) is 10.8. The van der Waals surface area contributed by atoms with E-state index in [-0.39, 0.29) is 18.3 Å². The van der Waals surface area contributed by atoms with Crippen LogP contribution in [0.5, 0.6) is 0 Å². The monoisotopic (exact) mass is 371 g/mol. The van der Waals surface area contributed by atoms with Crippen molar-refractivity contribution in [3.05, 3.63) is 18.0 Å². The highest BCUT2D eigenvalue weighted by atomic mass is 35.5. The van der Waals surface area contributed by atoms with Gasteiger partial charge in [0.1, 0.15) is 5.69 Å². The highest BCUT2D eigenvalue weighted by Crippen LogP contribution is 2.15. The van der Waals surface area contributed by atoms with Crippen molar-refractivity contribution in [3.8, 4) is 0 Å². The van der Waals surface area contributed by atoms with Crippen molar-refractivity contribution in [1.82, 2.24) is 25.3 Å². The van der Waals surface area contributed by atoms with E-state index in [4.69, 9.17) is 4.74 Å². The quantitative estimate of drug-likeness (QED) is 0.701. The fourth-order valence-electron chi connectivity index (χ4n) is 3.30. The molecule has 2 aliphatic heterocycles. The van der Waals surface area contributed by atoms with E-state index in [9.17, 15) is 4.79 Å². The number of nitrogens with one attached hydrogen (secondary N) is 2. The summed E-state index contributed by atoms with van der Waals surface area (Å²) in [4.78, 5) is 14.6. The average molecular weight is 372 g/mol. The van der Waals surface area contributed by atoms with Crippen LogP contribution in [0.15, 0.2) is 12.3 Å². The number of hydrogen-bond donors (Lipinski definition) is 2. The van der Waals surface area contributed by atoms with Gasteiger partial charge in [-0.2, -0.15) is 5.10 Å². The average Bonchev–Trinajstić information content (AvgIpc) is 3.13. The molecule has 1 aromatic heterocycles. The lowest BCUT2D eigenvalue weighted by atomic mass is 10.1. The van der Waals surface area contributed by atoms with E-state index in [0.29, 0.717) is 18.3 Å². The Hall–Kier alpha value is -1.15. The van der Waals surface area contributed by atoms with Crippen molar-refractivity contribution in [2.24, 2.45) is 0 Å². The molecule has 3 heterocycles. The molecule has 142 valence electrons. The second-order valence-corrected chi connectivity index (χ2v) is 6.60. The van der Waals surface area contributed by atoms with Gasteiger partial charge in [-0.05, 0) is 44.8 Å². The minimum absolute atomic E-state index is 0. The Morgan fingerprint density at radius 2 is 2.20 bits per heavy atom. The highest BCUT2D eigenvalue weighted by Gasteiger charge is 2.17. The normalized spacial score (nSPS) is 21.5. The molecular formula is C17H30ClN5O2. The van der Waals surface area contributed by atoms with Crippen LogP contribution in [-0.4, -0.2) is 73.1 Å². The summed E-state index contributed by atoms with van der Waals surface area (Å²) in [6, 6.07) is 2.19. The van der Waals surface area contributed by atoms with Crippen molar-refractivity contribution in [3.63, 3.8) is 0 Å². The molecule has 0 bridgehead atoms. The number of halogens is 1. The molecule has 2 N–H and O–H groups in total. The summed E-state index contributed by atoms with van der Waals surface area (Å²) in [5, 5.41) is 10.8. The van der Waals surface area contributed by atoms with Gasteiger partial charge in [0.05, 0.1) is 19.3 Å². The minimum atomic E-state index is -0.0658. The van der Waals surface area contributed by atoms with Crippen molar-refractivity contribution < 1.29 is 9.53 Å². The fourth-order valence-corrected chi connectivity index (χ4v) is 3.30. The van der Waals surface area contributed by atoms with Gasteiger partial charge in [-0.3, -0.25) is 14.4 Å². The standard InChI is InChI=1S/C17H29N5O2.ClH/c23-17(19-7-1-2-8-21-10-12-24-13-11-21)16-5-9-22(20-16)15-4-3-6-18-14-15;/h5,9,15,18H,1-4,6-8,10-14H2,(H,19,23);1H. The van der Waals surface area contributed by atoms with E-state index in [1.807, 2.05) is 16.9 Å². The van der Waals surface area contributed by atoms with Crippen molar-refractivity contribution >= 4 is 18.3 Å². The van der Waals surface area contributed by atoms with Crippen LogP contribution in [0.4, 0.5) is 0 Å². The molecule has 0 saturated carbocycles. The number of carbonyl (C=O) groups excluding carboxylic acids is 1. The van der Waals surface area contributed by atoms with Crippen molar-refractivity contribution in [2.45, 2.75) is 31.7 Å². The molecule has 2 fully saturated rings. The molecule has 7 nitrogen and oxygen atoms in total. The number of aromatic nitrogens is 2. The van der Waals surface area contributed by atoms with E-state index in [1.165, 1.54) is 0 Å². The van der Waals surface area contributed by atoms with Gasteiger partial charge in [-0.25, -0.2) is 0 Å². The number of hydrogen-bond acceptors (Lipinski definition) is 5. The molecule has 2 saturated heterocycles. The van der Waals surface area contributed by atoms with Crippen molar-refractivity contribution in [2.75, 3.05) is 52.5 Å². The summed E-state index contributed by atoms with van der Waals surface area (Å²) in [5.41, 5.74) is 0.522. The lowest BCUT2D eigenvalue weighted by Gasteiger charge is -2.26. The number of morpholine rings is 1. The van der Waals surface area contributed by atoms with Crippen LogP contribution >= 0.6 is 12.4 Å². The highest BCUT2D eigenvalue weighted by molar-refractivity contribution is 5.92. The van der Waals surface area contributed by atoms with E-state index in [2.05, 4.69) is 20.6 Å². The molecule has 0 aliphatic carbocycles. The summed E-state index contributed by atoms with van der Waals surface area (Å²) >= 11 is 0. The molecular weight excluding hydrogens is 342 g/mol. The van der Waals surface area contributed by atoms with E-state index < -0.39 is 0 Å². The maximum atomic E-state index is 12.2. The third kappa shape index (κ3) is 6.26. The van der Waals surface area contributed by atoms with Crippen LogP contribution in [0, 0.1) is 0 Å². The number of ether oxygens (including phenoxy) is 1. The molecule has 25 heavy (non-hydrogen) atoms. The number of amides is 1. The Kier molecular flexibility index (Phi) is 8.67. The van der Waals surface area contributed by atoms with Gasteiger partial charge in [0.25, 0.3) is 5.91 Å². The first kappa shape index (κ1) is 20.2. The predicted octanol–water partition coefficient (Wildman–Crippen LogP) is 1.07. The van der Waals surface area contributed by atoms with Gasteiger partial charge in [0, 0.05) is 32.4 Å².